The zero-order valence-corrected chi connectivity index (χ0v) is 13.5. The minimum atomic E-state index is -0.197. The summed E-state index contributed by atoms with van der Waals surface area (Å²) in [5, 5.41) is 14.3. The van der Waals surface area contributed by atoms with Crippen LogP contribution in [0.1, 0.15) is 30.1 Å². The molecule has 0 fully saturated rings. The summed E-state index contributed by atoms with van der Waals surface area (Å²) < 4.78 is 1.60. The molecule has 4 N–H and O–H groups in total. The number of amidine groups is 1. The number of hydrogen-bond acceptors (Lipinski definition) is 3. The van der Waals surface area contributed by atoms with E-state index in [0.717, 1.165) is 4.47 Å². The summed E-state index contributed by atoms with van der Waals surface area (Å²) in [6.07, 6.45) is 1.00. The summed E-state index contributed by atoms with van der Waals surface area (Å²) in [7, 11) is 0. The predicted octanol–water partition coefficient (Wildman–Crippen LogP) is 2.86. The highest BCUT2D eigenvalue weighted by Crippen LogP contribution is 2.22. The van der Waals surface area contributed by atoms with Gasteiger partial charge in [-0.1, -0.05) is 28.0 Å². The van der Waals surface area contributed by atoms with Gasteiger partial charge in [-0.15, -0.1) is 0 Å². The Morgan fingerprint density at radius 2 is 2.21 bits per heavy atom. The second kappa shape index (κ2) is 7.49. The minimum absolute atomic E-state index is 0.0991. The molecule has 104 valence electrons. The summed E-state index contributed by atoms with van der Waals surface area (Å²) in [6, 6.07) is 5.16. The molecule has 0 heterocycles. The summed E-state index contributed by atoms with van der Waals surface area (Å²) >= 11 is 6.68. The van der Waals surface area contributed by atoms with Crippen molar-refractivity contribution >= 4 is 43.6 Å². The lowest BCUT2D eigenvalue weighted by Crippen LogP contribution is -2.37. The Morgan fingerprint density at radius 1 is 1.53 bits per heavy atom. The number of rotatable bonds is 5. The lowest BCUT2D eigenvalue weighted by molar-refractivity contribution is 0.0936. The van der Waals surface area contributed by atoms with Crippen molar-refractivity contribution in [3.05, 3.63) is 32.7 Å². The first kappa shape index (κ1) is 16.0. The maximum Gasteiger partial charge on any atom is 0.252 e. The van der Waals surface area contributed by atoms with Crippen LogP contribution in [0.3, 0.4) is 0 Å². The number of carbonyl (C=O) groups is 1. The molecule has 1 unspecified atom stereocenters. The summed E-state index contributed by atoms with van der Waals surface area (Å²) in [6.45, 7) is 1.92. The first-order chi connectivity index (χ1) is 8.97. The van der Waals surface area contributed by atoms with E-state index in [2.05, 4.69) is 42.3 Å². The van der Waals surface area contributed by atoms with Crippen molar-refractivity contribution < 1.29 is 10.0 Å². The number of nitrogens with two attached hydrogens (primary N) is 1. The van der Waals surface area contributed by atoms with Gasteiger partial charge in [-0.2, -0.15) is 0 Å². The van der Waals surface area contributed by atoms with E-state index in [-0.39, 0.29) is 17.8 Å². The standard InChI is InChI=1S/C12H15Br2N3O2/c1-2-8(6-11(15)17-19)16-12(18)9-4-3-7(13)5-10(9)14/h3-5,8,19H,2,6H2,1H3,(H2,15,17)(H,16,18). The van der Waals surface area contributed by atoms with E-state index in [0.29, 0.717) is 22.9 Å². The number of amides is 1. The van der Waals surface area contributed by atoms with Crippen LogP contribution in [0.2, 0.25) is 0 Å². The third-order valence-electron chi connectivity index (χ3n) is 2.59. The highest BCUT2D eigenvalue weighted by Gasteiger charge is 2.16. The van der Waals surface area contributed by atoms with Gasteiger partial charge in [0.05, 0.1) is 5.56 Å². The van der Waals surface area contributed by atoms with Gasteiger partial charge in [0, 0.05) is 21.4 Å². The van der Waals surface area contributed by atoms with Crippen LogP contribution in [-0.4, -0.2) is 23.0 Å². The lowest BCUT2D eigenvalue weighted by atomic mass is 10.1. The number of halogens is 2. The molecule has 0 aliphatic heterocycles. The maximum absolute atomic E-state index is 12.1. The average Bonchev–Trinajstić information content (AvgIpc) is 2.37. The number of nitrogens with zero attached hydrogens (tertiary/aromatic N) is 1. The predicted molar refractivity (Wildman–Crippen MR) is 81.4 cm³/mol. The van der Waals surface area contributed by atoms with Crippen molar-refractivity contribution in [3.63, 3.8) is 0 Å². The van der Waals surface area contributed by atoms with Gasteiger partial charge in [-0.3, -0.25) is 4.79 Å². The number of hydrogen-bond donors (Lipinski definition) is 3. The van der Waals surface area contributed by atoms with Crippen LogP contribution < -0.4 is 11.1 Å². The molecule has 1 atom stereocenters. The van der Waals surface area contributed by atoms with Crippen LogP contribution >= 0.6 is 31.9 Å². The van der Waals surface area contributed by atoms with E-state index in [4.69, 9.17) is 10.9 Å². The molecular weight excluding hydrogens is 378 g/mol. The van der Waals surface area contributed by atoms with Gasteiger partial charge in [0.1, 0.15) is 5.84 Å². The molecule has 0 saturated heterocycles. The van der Waals surface area contributed by atoms with Crippen molar-refractivity contribution in [2.75, 3.05) is 0 Å². The Kier molecular flexibility index (Phi) is 6.30. The highest BCUT2D eigenvalue weighted by atomic mass is 79.9. The second-order valence-electron chi connectivity index (χ2n) is 4.00. The van der Waals surface area contributed by atoms with Crippen molar-refractivity contribution in [2.45, 2.75) is 25.8 Å². The van der Waals surface area contributed by atoms with Crippen LogP contribution in [0, 0.1) is 0 Å². The molecule has 0 saturated carbocycles. The molecule has 0 aliphatic rings. The summed E-state index contributed by atoms with van der Waals surface area (Å²) in [5.41, 5.74) is 5.99. The van der Waals surface area contributed by atoms with Gasteiger partial charge in [-0.25, -0.2) is 0 Å². The normalized spacial score (nSPS) is 13.1. The molecule has 1 amide bonds. The quantitative estimate of drug-likeness (QED) is 0.311. The Hall–Kier alpha value is -1.08. The third-order valence-corrected chi connectivity index (χ3v) is 3.74. The minimum Gasteiger partial charge on any atom is -0.409 e. The van der Waals surface area contributed by atoms with Crippen molar-refractivity contribution in [3.8, 4) is 0 Å². The van der Waals surface area contributed by atoms with Crippen molar-refractivity contribution in [2.24, 2.45) is 10.9 Å². The Balaban J connectivity index is 2.77. The molecule has 0 radical (unpaired) electrons. The van der Waals surface area contributed by atoms with Gasteiger partial charge in [0.2, 0.25) is 0 Å². The lowest BCUT2D eigenvalue weighted by Gasteiger charge is -2.16. The molecule has 0 bridgehead atoms. The first-order valence-corrected chi connectivity index (χ1v) is 7.28. The average molecular weight is 393 g/mol. The summed E-state index contributed by atoms with van der Waals surface area (Å²) in [4.78, 5) is 12.1. The molecule has 1 aromatic rings. The Bertz CT molecular complexity index is 492. The molecule has 0 aliphatic carbocycles. The molecule has 1 aromatic carbocycles. The number of oxime groups is 1. The van der Waals surface area contributed by atoms with E-state index in [1.54, 1.807) is 18.2 Å². The molecule has 1 rings (SSSR count). The monoisotopic (exact) mass is 391 g/mol. The van der Waals surface area contributed by atoms with E-state index < -0.39 is 0 Å². The fourth-order valence-electron chi connectivity index (χ4n) is 1.53. The zero-order chi connectivity index (χ0) is 14.4. The third kappa shape index (κ3) is 4.83. The maximum atomic E-state index is 12.1. The van der Waals surface area contributed by atoms with Gasteiger partial charge in [-0.05, 0) is 40.5 Å². The van der Waals surface area contributed by atoms with Gasteiger partial charge in [0.15, 0.2) is 0 Å². The number of benzene rings is 1. The van der Waals surface area contributed by atoms with Crippen LogP contribution in [0.15, 0.2) is 32.3 Å². The van der Waals surface area contributed by atoms with E-state index in [1.165, 1.54) is 0 Å². The Labute approximate surface area is 128 Å². The summed E-state index contributed by atoms with van der Waals surface area (Å²) in [5.74, 6) is -0.0982. The molecule has 0 aromatic heterocycles. The number of carbonyl (C=O) groups excluding carboxylic acids is 1. The molecular formula is C12H15Br2N3O2. The SMILES string of the molecule is CCC(C/C(N)=N/O)NC(=O)c1ccc(Br)cc1Br. The van der Waals surface area contributed by atoms with Crippen LogP contribution in [0.25, 0.3) is 0 Å². The van der Waals surface area contributed by atoms with E-state index in [1.807, 2.05) is 6.92 Å². The van der Waals surface area contributed by atoms with Crippen molar-refractivity contribution in [1.29, 1.82) is 0 Å². The molecule has 7 heteroatoms. The van der Waals surface area contributed by atoms with E-state index in [9.17, 15) is 4.79 Å². The van der Waals surface area contributed by atoms with Crippen molar-refractivity contribution in [1.82, 2.24) is 5.32 Å². The first-order valence-electron chi connectivity index (χ1n) is 5.70. The smallest absolute Gasteiger partial charge is 0.252 e. The fraction of sp³-hybridized carbons (Fsp3) is 0.333. The zero-order valence-electron chi connectivity index (χ0n) is 10.4. The van der Waals surface area contributed by atoms with Crippen LogP contribution in [0.5, 0.6) is 0 Å². The topological polar surface area (TPSA) is 87.7 Å². The van der Waals surface area contributed by atoms with Crippen LogP contribution in [0.4, 0.5) is 0 Å². The second-order valence-corrected chi connectivity index (χ2v) is 5.77. The van der Waals surface area contributed by atoms with Gasteiger partial charge >= 0.3 is 0 Å². The number of nitrogens with one attached hydrogen (secondary N) is 1. The fourth-order valence-corrected chi connectivity index (χ4v) is 2.75. The molecule has 0 spiro atoms. The molecule has 5 nitrogen and oxygen atoms in total. The highest BCUT2D eigenvalue weighted by molar-refractivity contribution is 9.11. The Morgan fingerprint density at radius 3 is 2.74 bits per heavy atom. The van der Waals surface area contributed by atoms with Gasteiger partial charge < -0.3 is 16.3 Å². The van der Waals surface area contributed by atoms with Crippen LogP contribution in [-0.2, 0) is 0 Å². The largest absolute Gasteiger partial charge is 0.409 e. The van der Waals surface area contributed by atoms with Gasteiger partial charge in [0.25, 0.3) is 5.91 Å². The van der Waals surface area contributed by atoms with E-state index >= 15 is 0 Å². The molecule has 19 heavy (non-hydrogen) atoms.